The lowest BCUT2D eigenvalue weighted by Gasteiger charge is -2.13. The zero-order chi connectivity index (χ0) is 15.9. The van der Waals surface area contributed by atoms with Crippen LogP contribution < -0.4 is 4.74 Å². The first-order valence-electron chi connectivity index (χ1n) is 7.84. The number of hydrogen-bond donors (Lipinski definition) is 0. The molecule has 0 radical (unpaired) electrons. The zero-order valence-electron chi connectivity index (χ0n) is 13.5. The lowest BCUT2D eigenvalue weighted by atomic mass is 10.2. The van der Waals surface area contributed by atoms with E-state index in [1.807, 2.05) is 25.1 Å². The van der Waals surface area contributed by atoms with Crippen molar-refractivity contribution in [3.05, 3.63) is 28.8 Å². The molecule has 4 nitrogen and oxygen atoms in total. The average molecular weight is 329 g/mol. The van der Waals surface area contributed by atoms with Gasteiger partial charge in [0, 0.05) is 6.61 Å². The van der Waals surface area contributed by atoms with Crippen LogP contribution >= 0.6 is 11.6 Å². The molecule has 2 atom stereocenters. The maximum atomic E-state index is 6.26. The molecule has 2 unspecified atom stereocenters. The summed E-state index contributed by atoms with van der Waals surface area (Å²) in [5, 5.41) is 0.594. The number of benzene rings is 1. The minimum atomic E-state index is -0.107. The van der Waals surface area contributed by atoms with Crippen LogP contribution in [0.1, 0.15) is 32.8 Å². The quantitative estimate of drug-likeness (QED) is 0.721. The van der Waals surface area contributed by atoms with Crippen molar-refractivity contribution < 1.29 is 18.9 Å². The molecule has 0 aromatic heterocycles. The van der Waals surface area contributed by atoms with E-state index in [0.717, 1.165) is 18.6 Å². The van der Waals surface area contributed by atoms with Crippen molar-refractivity contribution in [3.8, 4) is 5.75 Å². The lowest BCUT2D eigenvalue weighted by Crippen LogP contribution is -2.20. The number of ether oxygens (including phenoxy) is 4. The fourth-order valence-electron chi connectivity index (χ4n) is 2.16. The Hall–Kier alpha value is -0.810. The minimum absolute atomic E-state index is 0.0323. The molecule has 2 rings (SSSR count). The first kappa shape index (κ1) is 17.5. The molecule has 22 heavy (non-hydrogen) atoms. The van der Waals surface area contributed by atoms with Crippen molar-refractivity contribution in [2.75, 3.05) is 19.8 Å². The van der Waals surface area contributed by atoms with Gasteiger partial charge in [-0.3, -0.25) is 0 Å². The van der Waals surface area contributed by atoms with Crippen molar-refractivity contribution in [2.45, 2.75) is 46.2 Å². The summed E-state index contributed by atoms with van der Waals surface area (Å²) in [4.78, 5) is 0. The van der Waals surface area contributed by atoms with Crippen LogP contribution in [0.4, 0.5) is 0 Å². The van der Waals surface area contributed by atoms with Crippen LogP contribution in [0, 0.1) is 5.92 Å². The molecule has 1 aliphatic rings. The van der Waals surface area contributed by atoms with Gasteiger partial charge in [-0.2, -0.15) is 0 Å². The van der Waals surface area contributed by atoms with Crippen molar-refractivity contribution in [2.24, 2.45) is 5.92 Å². The van der Waals surface area contributed by atoms with Crippen molar-refractivity contribution in [1.29, 1.82) is 0 Å². The molecule has 1 fully saturated rings. The first-order chi connectivity index (χ1) is 10.6. The SMILES string of the molecule is CCC1OCC(COc2ccc(COCC(C)C)cc2Cl)O1. The van der Waals surface area contributed by atoms with Gasteiger partial charge in [-0.05, 0) is 30.0 Å². The number of rotatable bonds is 8. The van der Waals surface area contributed by atoms with Gasteiger partial charge in [-0.15, -0.1) is 0 Å². The normalized spacial score (nSPS) is 21.5. The average Bonchev–Trinajstić information content (AvgIpc) is 2.94. The molecule has 0 N–H and O–H groups in total. The minimum Gasteiger partial charge on any atom is -0.489 e. The van der Waals surface area contributed by atoms with E-state index in [2.05, 4.69) is 13.8 Å². The molecule has 0 spiro atoms. The maximum absolute atomic E-state index is 6.26. The van der Waals surface area contributed by atoms with Gasteiger partial charge in [0.2, 0.25) is 0 Å². The third kappa shape index (κ3) is 5.43. The third-order valence-corrected chi connectivity index (χ3v) is 3.58. The van der Waals surface area contributed by atoms with E-state index in [1.165, 1.54) is 0 Å². The highest BCUT2D eigenvalue weighted by atomic mass is 35.5. The molecule has 0 saturated carbocycles. The van der Waals surface area contributed by atoms with Crippen LogP contribution in [-0.4, -0.2) is 32.2 Å². The molecular formula is C17H25ClO4. The Kier molecular flexibility index (Phi) is 6.96. The predicted octanol–water partition coefficient (Wildman–Crippen LogP) is 4.04. The van der Waals surface area contributed by atoms with Crippen molar-refractivity contribution in [3.63, 3.8) is 0 Å². The summed E-state index contributed by atoms with van der Waals surface area (Å²) in [7, 11) is 0. The Morgan fingerprint density at radius 1 is 1.36 bits per heavy atom. The fraction of sp³-hybridized carbons (Fsp3) is 0.647. The highest BCUT2D eigenvalue weighted by Crippen LogP contribution is 2.26. The lowest BCUT2D eigenvalue weighted by molar-refractivity contribution is -0.0642. The van der Waals surface area contributed by atoms with Gasteiger partial charge in [-0.25, -0.2) is 0 Å². The summed E-state index contributed by atoms with van der Waals surface area (Å²) in [6, 6.07) is 5.74. The summed E-state index contributed by atoms with van der Waals surface area (Å²) >= 11 is 6.26. The highest BCUT2D eigenvalue weighted by molar-refractivity contribution is 6.32. The van der Waals surface area contributed by atoms with Crippen LogP contribution in [0.3, 0.4) is 0 Å². The Bertz CT molecular complexity index is 464. The van der Waals surface area contributed by atoms with Gasteiger partial charge < -0.3 is 18.9 Å². The molecule has 1 heterocycles. The van der Waals surface area contributed by atoms with Gasteiger partial charge >= 0.3 is 0 Å². The first-order valence-corrected chi connectivity index (χ1v) is 8.22. The van der Waals surface area contributed by atoms with Gasteiger partial charge in [0.1, 0.15) is 18.5 Å². The summed E-state index contributed by atoms with van der Waals surface area (Å²) in [5.74, 6) is 1.19. The third-order valence-electron chi connectivity index (χ3n) is 3.29. The molecule has 1 aliphatic heterocycles. The monoisotopic (exact) mass is 328 g/mol. The van der Waals surface area contributed by atoms with E-state index in [1.54, 1.807) is 0 Å². The second kappa shape index (κ2) is 8.73. The smallest absolute Gasteiger partial charge is 0.158 e. The van der Waals surface area contributed by atoms with Crippen LogP contribution in [0.15, 0.2) is 18.2 Å². The largest absolute Gasteiger partial charge is 0.489 e. The summed E-state index contributed by atoms with van der Waals surface area (Å²) < 4.78 is 22.5. The van der Waals surface area contributed by atoms with Gasteiger partial charge in [-0.1, -0.05) is 38.4 Å². The van der Waals surface area contributed by atoms with Gasteiger partial charge in [0.25, 0.3) is 0 Å². The van der Waals surface area contributed by atoms with Gasteiger partial charge in [0.05, 0.1) is 18.2 Å². The van der Waals surface area contributed by atoms with E-state index in [-0.39, 0.29) is 12.4 Å². The Morgan fingerprint density at radius 3 is 2.82 bits per heavy atom. The molecule has 0 aliphatic carbocycles. The Balaban J connectivity index is 1.79. The molecule has 5 heteroatoms. The van der Waals surface area contributed by atoms with E-state index in [0.29, 0.717) is 36.5 Å². The standard InChI is InChI=1S/C17H25ClO4/c1-4-17-21-11-14(22-17)10-20-16-6-5-13(7-15(16)18)9-19-8-12(2)3/h5-7,12,14,17H,4,8-11H2,1-3H3. The van der Waals surface area contributed by atoms with E-state index >= 15 is 0 Å². The molecule has 0 amide bonds. The van der Waals surface area contributed by atoms with E-state index in [4.69, 9.17) is 30.5 Å². The molecule has 1 aromatic carbocycles. The van der Waals surface area contributed by atoms with Crippen molar-refractivity contribution >= 4 is 11.6 Å². The molecule has 1 saturated heterocycles. The number of hydrogen-bond acceptors (Lipinski definition) is 4. The Morgan fingerprint density at radius 2 is 2.18 bits per heavy atom. The van der Waals surface area contributed by atoms with E-state index in [9.17, 15) is 0 Å². The van der Waals surface area contributed by atoms with Crippen molar-refractivity contribution in [1.82, 2.24) is 0 Å². The van der Waals surface area contributed by atoms with Crippen LogP contribution in [0.25, 0.3) is 0 Å². The Labute approximate surface area is 137 Å². The molecule has 0 bridgehead atoms. The van der Waals surface area contributed by atoms with Crippen LogP contribution in [0.2, 0.25) is 5.02 Å². The zero-order valence-corrected chi connectivity index (χ0v) is 14.3. The van der Waals surface area contributed by atoms with Crippen LogP contribution in [-0.2, 0) is 20.8 Å². The predicted molar refractivity (Wildman–Crippen MR) is 86.3 cm³/mol. The summed E-state index contributed by atoms with van der Waals surface area (Å²) in [5.41, 5.74) is 1.05. The highest BCUT2D eigenvalue weighted by Gasteiger charge is 2.25. The van der Waals surface area contributed by atoms with Crippen LogP contribution in [0.5, 0.6) is 5.75 Å². The fourth-order valence-corrected chi connectivity index (χ4v) is 2.41. The molecular weight excluding hydrogens is 304 g/mol. The second-order valence-corrected chi connectivity index (χ2v) is 6.32. The summed E-state index contributed by atoms with van der Waals surface area (Å²) in [6.45, 7) is 8.61. The molecule has 1 aromatic rings. The molecule has 124 valence electrons. The second-order valence-electron chi connectivity index (χ2n) is 5.91. The van der Waals surface area contributed by atoms with Gasteiger partial charge in [0.15, 0.2) is 6.29 Å². The number of halogens is 1. The summed E-state index contributed by atoms with van der Waals surface area (Å²) in [6.07, 6.45) is 0.710. The maximum Gasteiger partial charge on any atom is 0.158 e. The topological polar surface area (TPSA) is 36.9 Å². The van der Waals surface area contributed by atoms with E-state index < -0.39 is 0 Å².